The van der Waals surface area contributed by atoms with Crippen molar-refractivity contribution < 1.29 is 18.7 Å². The molecule has 7 nitrogen and oxygen atoms in total. The van der Waals surface area contributed by atoms with Gasteiger partial charge in [-0.1, -0.05) is 12.1 Å². The number of nitriles is 1. The number of rotatable bonds is 6. The Morgan fingerprint density at radius 2 is 1.96 bits per heavy atom. The number of nitrogens with zero attached hydrogens (tertiary/aromatic N) is 2. The lowest BCUT2D eigenvalue weighted by atomic mass is 10.2. The summed E-state index contributed by atoms with van der Waals surface area (Å²) in [5, 5.41) is 11.4. The summed E-state index contributed by atoms with van der Waals surface area (Å²) in [7, 11) is 0. The van der Waals surface area contributed by atoms with Gasteiger partial charge >= 0.3 is 5.97 Å². The van der Waals surface area contributed by atoms with Crippen LogP contribution in [0, 0.1) is 11.3 Å². The number of carbonyl (C=O) groups excluding carboxylic acids is 2. The zero-order valence-corrected chi connectivity index (χ0v) is 14.6. The molecule has 0 saturated carbocycles. The maximum absolute atomic E-state index is 12.1. The topological polar surface area (TPSA) is 105 Å². The number of benzene rings is 2. The van der Waals surface area contributed by atoms with Crippen LogP contribution < -0.4 is 5.32 Å². The molecule has 0 aliphatic heterocycles. The van der Waals surface area contributed by atoms with Crippen molar-refractivity contribution in [2.75, 3.05) is 5.32 Å². The van der Waals surface area contributed by atoms with Crippen LogP contribution in [0.25, 0.3) is 11.1 Å². The number of hydrogen-bond acceptors (Lipinski definition) is 6. The number of fused-ring (bicyclic) bond motifs is 1. The fraction of sp³-hybridized carbons (Fsp3) is 0.200. The van der Waals surface area contributed by atoms with Crippen LogP contribution in [-0.4, -0.2) is 23.0 Å². The van der Waals surface area contributed by atoms with Gasteiger partial charge in [-0.05, 0) is 43.3 Å². The minimum Gasteiger partial charge on any atom is -0.453 e. The summed E-state index contributed by atoms with van der Waals surface area (Å²) in [6, 6.07) is 15.7. The number of hydrogen-bond donors (Lipinski definition) is 1. The molecule has 0 aliphatic rings. The molecule has 1 N–H and O–H groups in total. The predicted molar refractivity (Wildman–Crippen MR) is 97.7 cm³/mol. The third kappa shape index (κ3) is 4.70. The predicted octanol–water partition coefficient (Wildman–Crippen LogP) is 3.20. The van der Waals surface area contributed by atoms with Gasteiger partial charge < -0.3 is 14.5 Å². The minimum absolute atomic E-state index is 0.0569. The first-order valence-electron chi connectivity index (χ1n) is 8.40. The number of ether oxygens (including phenoxy) is 1. The first-order valence-corrected chi connectivity index (χ1v) is 8.40. The van der Waals surface area contributed by atoms with Gasteiger partial charge in [0.15, 0.2) is 17.6 Å². The highest BCUT2D eigenvalue weighted by atomic mass is 16.5. The van der Waals surface area contributed by atoms with Gasteiger partial charge in [0.1, 0.15) is 5.52 Å². The van der Waals surface area contributed by atoms with Crippen LogP contribution in [0.5, 0.6) is 0 Å². The van der Waals surface area contributed by atoms with E-state index in [4.69, 9.17) is 14.4 Å². The van der Waals surface area contributed by atoms with Crippen LogP contribution in [0.4, 0.5) is 5.69 Å². The van der Waals surface area contributed by atoms with E-state index in [1.54, 1.807) is 30.3 Å². The normalized spacial score (nSPS) is 11.6. The van der Waals surface area contributed by atoms with Crippen molar-refractivity contribution in [2.24, 2.45) is 0 Å². The molecule has 3 aromatic rings. The van der Waals surface area contributed by atoms with Gasteiger partial charge in [0.2, 0.25) is 0 Å². The van der Waals surface area contributed by atoms with E-state index in [-0.39, 0.29) is 12.8 Å². The summed E-state index contributed by atoms with van der Waals surface area (Å²) in [4.78, 5) is 28.4. The Hall–Kier alpha value is -3.66. The van der Waals surface area contributed by atoms with Gasteiger partial charge in [0.05, 0.1) is 18.1 Å². The first kappa shape index (κ1) is 18.1. The van der Waals surface area contributed by atoms with Crippen molar-refractivity contribution in [3.05, 3.63) is 60.0 Å². The average molecular weight is 363 g/mol. The van der Waals surface area contributed by atoms with Crippen molar-refractivity contribution >= 4 is 28.7 Å². The lowest BCUT2D eigenvalue weighted by Crippen LogP contribution is -2.30. The van der Waals surface area contributed by atoms with Crippen LogP contribution in [-0.2, 0) is 20.7 Å². The van der Waals surface area contributed by atoms with E-state index in [1.165, 1.54) is 6.92 Å². The minimum atomic E-state index is -0.947. The van der Waals surface area contributed by atoms with Crippen molar-refractivity contribution in [2.45, 2.75) is 25.9 Å². The molecule has 0 fully saturated rings. The van der Waals surface area contributed by atoms with E-state index < -0.39 is 18.0 Å². The standard InChI is InChI=1S/C20H17N3O4/c1-13(20(25)22-15-8-6-14(12-21)7-9-15)26-19(24)11-10-18-23-16-4-2-3-5-17(16)27-18/h2-9,13H,10-11H2,1H3,(H,22,25)/t13-/m0/s1. The number of aryl methyl sites for hydroxylation is 1. The summed E-state index contributed by atoms with van der Waals surface area (Å²) in [5.41, 5.74) is 2.41. The highest BCUT2D eigenvalue weighted by Crippen LogP contribution is 2.16. The molecule has 0 aliphatic carbocycles. The second kappa shape index (κ2) is 8.15. The maximum Gasteiger partial charge on any atom is 0.307 e. The van der Waals surface area contributed by atoms with E-state index in [9.17, 15) is 9.59 Å². The molecule has 0 unspecified atom stereocenters. The Kier molecular flexibility index (Phi) is 5.47. The number of carbonyl (C=O) groups is 2. The Balaban J connectivity index is 1.48. The SMILES string of the molecule is C[C@H](OC(=O)CCc1nc2ccccc2o1)C(=O)Nc1ccc(C#N)cc1. The highest BCUT2D eigenvalue weighted by Gasteiger charge is 2.18. The molecule has 1 heterocycles. The van der Waals surface area contributed by atoms with Crippen molar-refractivity contribution in [3.8, 4) is 6.07 Å². The summed E-state index contributed by atoms with van der Waals surface area (Å²) < 4.78 is 10.7. The van der Waals surface area contributed by atoms with Crippen molar-refractivity contribution in [1.29, 1.82) is 5.26 Å². The Labute approximate surface area is 155 Å². The van der Waals surface area contributed by atoms with Crippen LogP contribution in [0.1, 0.15) is 24.8 Å². The number of aromatic nitrogens is 1. The lowest BCUT2D eigenvalue weighted by molar-refractivity contribution is -0.153. The molecule has 1 amide bonds. The summed E-state index contributed by atoms with van der Waals surface area (Å²) >= 11 is 0. The fourth-order valence-corrected chi connectivity index (χ4v) is 2.42. The van der Waals surface area contributed by atoms with E-state index in [0.717, 1.165) is 5.52 Å². The molecule has 0 radical (unpaired) electrons. The Morgan fingerprint density at radius 1 is 1.22 bits per heavy atom. The van der Waals surface area contributed by atoms with Gasteiger partial charge in [-0.25, -0.2) is 4.98 Å². The zero-order chi connectivity index (χ0) is 19.2. The quantitative estimate of drug-likeness (QED) is 0.674. The van der Waals surface area contributed by atoms with Gasteiger partial charge in [-0.3, -0.25) is 9.59 Å². The number of oxazole rings is 1. The number of nitrogens with one attached hydrogen (secondary N) is 1. The largest absolute Gasteiger partial charge is 0.453 e. The monoisotopic (exact) mass is 363 g/mol. The molecule has 0 saturated heterocycles. The van der Waals surface area contributed by atoms with Crippen LogP contribution in [0.3, 0.4) is 0 Å². The third-order valence-electron chi connectivity index (χ3n) is 3.84. The van der Waals surface area contributed by atoms with Gasteiger partial charge in [-0.2, -0.15) is 5.26 Å². The molecule has 0 bridgehead atoms. The van der Waals surface area contributed by atoms with Crippen LogP contribution in [0.2, 0.25) is 0 Å². The van der Waals surface area contributed by atoms with E-state index >= 15 is 0 Å². The summed E-state index contributed by atoms with van der Waals surface area (Å²) in [6.45, 7) is 1.50. The zero-order valence-electron chi connectivity index (χ0n) is 14.6. The third-order valence-corrected chi connectivity index (χ3v) is 3.84. The Bertz CT molecular complexity index is 969. The smallest absolute Gasteiger partial charge is 0.307 e. The highest BCUT2D eigenvalue weighted by molar-refractivity contribution is 5.95. The number of anilines is 1. The average Bonchev–Trinajstić information content (AvgIpc) is 3.10. The maximum atomic E-state index is 12.1. The van der Waals surface area contributed by atoms with Gasteiger partial charge in [0, 0.05) is 12.1 Å². The van der Waals surface area contributed by atoms with Gasteiger partial charge in [0.25, 0.3) is 5.91 Å². The van der Waals surface area contributed by atoms with E-state index in [2.05, 4.69) is 10.3 Å². The molecule has 1 atom stereocenters. The molecule has 3 rings (SSSR count). The van der Waals surface area contributed by atoms with Crippen molar-refractivity contribution in [1.82, 2.24) is 4.98 Å². The molecular weight excluding hydrogens is 346 g/mol. The van der Waals surface area contributed by atoms with E-state index in [1.807, 2.05) is 24.3 Å². The molecule has 0 spiro atoms. The summed E-state index contributed by atoms with van der Waals surface area (Å²) in [5.74, 6) is -0.516. The van der Waals surface area contributed by atoms with Gasteiger partial charge in [-0.15, -0.1) is 0 Å². The molecule has 2 aromatic carbocycles. The van der Waals surface area contributed by atoms with Crippen LogP contribution in [0.15, 0.2) is 52.9 Å². The molecule has 136 valence electrons. The van der Waals surface area contributed by atoms with Crippen LogP contribution >= 0.6 is 0 Å². The Morgan fingerprint density at radius 3 is 2.67 bits per heavy atom. The summed E-state index contributed by atoms with van der Waals surface area (Å²) in [6.07, 6.45) is -0.601. The second-order valence-electron chi connectivity index (χ2n) is 5.89. The first-order chi connectivity index (χ1) is 13.0. The molecule has 7 heteroatoms. The lowest BCUT2D eigenvalue weighted by Gasteiger charge is -2.13. The molecule has 27 heavy (non-hydrogen) atoms. The second-order valence-corrected chi connectivity index (χ2v) is 5.89. The number of esters is 1. The fourth-order valence-electron chi connectivity index (χ4n) is 2.42. The molecule has 1 aromatic heterocycles. The van der Waals surface area contributed by atoms with Crippen molar-refractivity contribution in [3.63, 3.8) is 0 Å². The number of para-hydroxylation sites is 2. The number of amides is 1. The van der Waals surface area contributed by atoms with E-state index in [0.29, 0.717) is 22.7 Å². The molecular formula is C20H17N3O4.